The summed E-state index contributed by atoms with van der Waals surface area (Å²) in [6.07, 6.45) is 2.72. The van der Waals surface area contributed by atoms with Gasteiger partial charge in [0.15, 0.2) is 0 Å². The molecule has 0 fully saturated rings. The summed E-state index contributed by atoms with van der Waals surface area (Å²) in [5.74, 6) is 0. The highest BCUT2D eigenvalue weighted by atomic mass is 35.5. The Kier molecular flexibility index (Phi) is 4.86. The Labute approximate surface area is 123 Å². The monoisotopic (exact) mass is 297 g/mol. The topological polar surface area (TPSA) is 29.9 Å². The lowest BCUT2D eigenvalue weighted by Crippen LogP contribution is -2.22. The molecule has 1 aromatic carbocycles. The van der Waals surface area contributed by atoms with Gasteiger partial charge in [-0.3, -0.25) is 4.68 Å². The van der Waals surface area contributed by atoms with Gasteiger partial charge in [0.05, 0.1) is 23.0 Å². The van der Waals surface area contributed by atoms with Crippen LogP contribution in [0.3, 0.4) is 0 Å². The van der Waals surface area contributed by atoms with Crippen molar-refractivity contribution in [3.8, 4) is 0 Å². The van der Waals surface area contributed by atoms with Crippen molar-refractivity contribution in [2.24, 2.45) is 0 Å². The zero-order valence-corrected chi connectivity index (χ0v) is 12.5. The van der Waals surface area contributed by atoms with Gasteiger partial charge < -0.3 is 5.32 Å². The predicted molar refractivity (Wildman–Crippen MR) is 79.9 cm³/mol. The van der Waals surface area contributed by atoms with E-state index in [0.717, 1.165) is 29.2 Å². The summed E-state index contributed by atoms with van der Waals surface area (Å²) in [6.45, 7) is 2.98. The van der Waals surface area contributed by atoms with Crippen LogP contribution in [0.1, 0.15) is 30.6 Å². The second-order valence-corrected chi connectivity index (χ2v) is 5.22. The van der Waals surface area contributed by atoms with Crippen LogP contribution in [-0.2, 0) is 6.54 Å². The van der Waals surface area contributed by atoms with Gasteiger partial charge in [0, 0.05) is 11.6 Å². The number of nitrogens with zero attached hydrogens (tertiary/aromatic N) is 2. The van der Waals surface area contributed by atoms with E-state index in [4.69, 9.17) is 23.2 Å². The van der Waals surface area contributed by atoms with Gasteiger partial charge in [-0.25, -0.2) is 0 Å². The highest BCUT2D eigenvalue weighted by Gasteiger charge is 2.20. The Balaban J connectivity index is 2.41. The first-order valence-corrected chi connectivity index (χ1v) is 7.07. The molecule has 102 valence electrons. The van der Waals surface area contributed by atoms with Crippen LogP contribution < -0.4 is 5.32 Å². The van der Waals surface area contributed by atoms with Gasteiger partial charge in [-0.2, -0.15) is 5.10 Å². The first kappa shape index (κ1) is 14.4. The third-order valence-corrected chi connectivity index (χ3v) is 3.58. The second kappa shape index (κ2) is 6.42. The number of hydrogen-bond donors (Lipinski definition) is 1. The summed E-state index contributed by atoms with van der Waals surface area (Å²) in [5.41, 5.74) is 2.11. The molecule has 0 amide bonds. The minimum absolute atomic E-state index is 0.0128. The summed E-state index contributed by atoms with van der Waals surface area (Å²) in [6, 6.07) is 7.79. The maximum Gasteiger partial charge on any atom is 0.0837 e. The summed E-state index contributed by atoms with van der Waals surface area (Å²) in [4.78, 5) is 0. The molecule has 0 aliphatic carbocycles. The van der Waals surface area contributed by atoms with E-state index in [9.17, 15) is 0 Å². The minimum atomic E-state index is 0.0128. The van der Waals surface area contributed by atoms with Crippen LogP contribution in [0.5, 0.6) is 0 Å². The fourth-order valence-corrected chi connectivity index (χ4v) is 2.54. The molecule has 0 saturated heterocycles. The van der Waals surface area contributed by atoms with Crippen LogP contribution in [0.4, 0.5) is 0 Å². The van der Waals surface area contributed by atoms with Gasteiger partial charge in [-0.05, 0) is 31.2 Å². The Morgan fingerprint density at radius 1 is 1.26 bits per heavy atom. The molecule has 1 atom stereocenters. The largest absolute Gasteiger partial charge is 0.308 e. The number of rotatable bonds is 5. The standard InChI is InChI=1S/C14H17Cl2N3/c1-3-8-19-14(12(16)9-18-19)13(17-2)10-4-6-11(15)7-5-10/h4-7,9,13,17H,3,8H2,1-2H3. The van der Waals surface area contributed by atoms with Gasteiger partial charge in [0.25, 0.3) is 0 Å². The third kappa shape index (κ3) is 3.11. The number of hydrogen-bond acceptors (Lipinski definition) is 2. The van der Waals surface area contributed by atoms with E-state index < -0.39 is 0 Å². The van der Waals surface area contributed by atoms with Crippen LogP contribution in [-0.4, -0.2) is 16.8 Å². The Bertz CT molecular complexity index is 534. The SMILES string of the molecule is CCCn1ncc(Cl)c1C(NC)c1ccc(Cl)cc1. The third-order valence-electron chi connectivity index (χ3n) is 3.03. The van der Waals surface area contributed by atoms with Gasteiger partial charge in [-0.1, -0.05) is 42.3 Å². The lowest BCUT2D eigenvalue weighted by Gasteiger charge is -2.19. The maximum atomic E-state index is 6.29. The minimum Gasteiger partial charge on any atom is -0.308 e. The highest BCUT2D eigenvalue weighted by Crippen LogP contribution is 2.28. The molecule has 0 saturated carbocycles. The van der Waals surface area contributed by atoms with Crippen molar-refractivity contribution in [3.05, 3.63) is 51.8 Å². The molecule has 1 heterocycles. The van der Waals surface area contributed by atoms with Gasteiger partial charge in [0.2, 0.25) is 0 Å². The lowest BCUT2D eigenvalue weighted by atomic mass is 10.0. The van der Waals surface area contributed by atoms with Gasteiger partial charge in [-0.15, -0.1) is 0 Å². The molecule has 2 aromatic rings. The molecule has 19 heavy (non-hydrogen) atoms. The molecule has 1 aromatic heterocycles. The first-order chi connectivity index (χ1) is 9.17. The molecule has 1 unspecified atom stereocenters. The van der Waals surface area contributed by atoms with E-state index in [1.165, 1.54) is 0 Å². The van der Waals surface area contributed by atoms with Crippen molar-refractivity contribution in [2.45, 2.75) is 25.9 Å². The molecule has 0 aliphatic heterocycles. The van der Waals surface area contributed by atoms with Crippen molar-refractivity contribution < 1.29 is 0 Å². The molecule has 3 nitrogen and oxygen atoms in total. The Morgan fingerprint density at radius 2 is 1.95 bits per heavy atom. The predicted octanol–water partition coefficient (Wildman–Crippen LogP) is 3.91. The average Bonchev–Trinajstić information content (AvgIpc) is 2.76. The van der Waals surface area contributed by atoms with Crippen LogP contribution in [0.25, 0.3) is 0 Å². The van der Waals surface area contributed by atoms with Crippen LogP contribution in [0.15, 0.2) is 30.5 Å². The highest BCUT2D eigenvalue weighted by molar-refractivity contribution is 6.31. The second-order valence-electron chi connectivity index (χ2n) is 4.37. The van der Waals surface area contributed by atoms with E-state index in [1.807, 2.05) is 36.0 Å². The van der Waals surface area contributed by atoms with Gasteiger partial charge >= 0.3 is 0 Å². The summed E-state index contributed by atoms with van der Waals surface area (Å²) in [5, 5.41) is 9.04. The molecule has 2 rings (SSSR count). The fraction of sp³-hybridized carbons (Fsp3) is 0.357. The van der Waals surface area contributed by atoms with E-state index in [2.05, 4.69) is 17.3 Å². The number of aryl methyl sites for hydroxylation is 1. The number of benzene rings is 1. The first-order valence-electron chi connectivity index (χ1n) is 6.31. The quantitative estimate of drug-likeness (QED) is 0.907. The molecule has 0 radical (unpaired) electrons. The molecule has 1 N–H and O–H groups in total. The van der Waals surface area contributed by atoms with Crippen molar-refractivity contribution in [1.29, 1.82) is 0 Å². The van der Waals surface area contributed by atoms with Crippen molar-refractivity contribution in [1.82, 2.24) is 15.1 Å². The smallest absolute Gasteiger partial charge is 0.0837 e. The number of nitrogens with one attached hydrogen (secondary N) is 1. The zero-order chi connectivity index (χ0) is 13.8. The van der Waals surface area contributed by atoms with Crippen molar-refractivity contribution in [3.63, 3.8) is 0 Å². The van der Waals surface area contributed by atoms with Crippen molar-refractivity contribution in [2.75, 3.05) is 7.05 Å². The molecule has 0 spiro atoms. The Hall–Kier alpha value is -1.03. The fourth-order valence-electron chi connectivity index (χ4n) is 2.17. The van der Waals surface area contributed by atoms with Crippen LogP contribution >= 0.6 is 23.2 Å². The Morgan fingerprint density at radius 3 is 2.53 bits per heavy atom. The summed E-state index contributed by atoms with van der Waals surface area (Å²) >= 11 is 12.2. The lowest BCUT2D eigenvalue weighted by molar-refractivity contribution is 0.535. The summed E-state index contributed by atoms with van der Waals surface area (Å²) < 4.78 is 1.96. The molecular weight excluding hydrogens is 281 g/mol. The average molecular weight is 298 g/mol. The van der Waals surface area contributed by atoms with E-state index >= 15 is 0 Å². The molecule has 5 heteroatoms. The van der Waals surface area contributed by atoms with Crippen LogP contribution in [0.2, 0.25) is 10.0 Å². The molecule has 0 bridgehead atoms. The van der Waals surface area contributed by atoms with E-state index in [0.29, 0.717) is 5.02 Å². The summed E-state index contributed by atoms with van der Waals surface area (Å²) in [7, 11) is 1.92. The van der Waals surface area contributed by atoms with Gasteiger partial charge in [0.1, 0.15) is 0 Å². The zero-order valence-electron chi connectivity index (χ0n) is 11.0. The maximum absolute atomic E-state index is 6.29. The number of aromatic nitrogens is 2. The molecule has 0 aliphatic rings. The van der Waals surface area contributed by atoms with E-state index in [1.54, 1.807) is 6.20 Å². The van der Waals surface area contributed by atoms with E-state index in [-0.39, 0.29) is 6.04 Å². The van der Waals surface area contributed by atoms with Crippen LogP contribution in [0, 0.1) is 0 Å². The number of halogens is 2. The molecular formula is C14H17Cl2N3. The van der Waals surface area contributed by atoms with Crippen molar-refractivity contribution >= 4 is 23.2 Å². The normalized spacial score (nSPS) is 12.6.